The fourth-order valence-electron chi connectivity index (χ4n) is 2.60. The van der Waals surface area contributed by atoms with Crippen LogP contribution in [0.15, 0.2) is 69.9 Å². The lowest BCUT2D eigenvalue weighted by Crippen LogP contribution is -2.09. The van der Waals surface area contributed by atoms with Crippen molar-refractivity contribution in [1.82, 2.24) is 9.97 Å². The van der Waals surface area contributed by atoms with Gasteiger partial charge in [0.25, 0.3) is 5.56 Å². The number of H-pyrrole nitrogens is 1. The second-order valence-electron chi connectivity index (χ2n) is 5.11. The molecule has 0 atom stereocenters. The molecule has 0 aliphatic carbocycles. The lowest BCUT2D eigenvalue weighted by Gasteiger charge is -2.06. The van der Waals surface area contributed by atoms with Crippen LogP contribution in [-0.4, -0.2) is 9.97 Å². The summed E-state index contributed by atoms with van der Waals surface area (Å²) in [6.45, 7) is 0. The third kappa shape index (κ3) is 2.12. The van der Waals surface area contributed by atoms with Crippen molar-refractivity contribution in [2.75, 3.05) is 0 Å². The lowest BCUT2D eigenvalue weighted by molar-refractivity contribution is 1.18. The summed E-state index contributed by atoms with van der Waals surface area (Å²) in [6, 6.07) is 19.7. The summed E-state index contributed by atoms with van der Waals surface area (Å²) in [7, 11) is 0. The zero-order chi connectivity index (χ0) is 15.1. The third-order valence-corrected chi connectivity index (χ3v) is 4.35. The van der Waals surface area contributed by atoms with Gasteiger partial charge in [0, 0.05) is 10.0 Å². The molecule has 4 rings (SSSR count). The van der Waals surface area contributed by atoms with Gasteiger partial charge in [0.2, 0.25) is 0 Å². The fraction of sp³-hybridized carbons (Fsp3) is 0. The van der Waals surface area contributed by atoms with E-state index in [4.69, 9.17) is 0 Å². The summed E-state index contributed by atoms with van der Waals surface area (Å²) in [5.74, 6) is 0.579. The van der Waals surface area contributed by atoms with Crippen molar-refractivity contribution in [1.29, 1.82) is 0 Å². The predicted octanol–water partition coefficient (Wildman–Crippen LogP) is 4.51. The van der Waals surface area contributed by atoms with Gasteiger partial charge in [-0.25, -0.2) is 4.98 Å². The first-order valence-electron chi connectivity index (χ1n) is 6.90. The Bertz CT molecular complexity index is 1070. The van der Waals surface area contributed by atoms with E-state index in [0.29, 0.717) is 16.7 Å². The van der Waals surface area contributed by atoms with Crippen molar-refractivity contribution in [3.63, 3.8) is 0 Å². The van der Waals surface area contributed by atoms with E-state index < -0.39 is 0 Å². The Morgan fingerprint density at radius 3 is 2.59 bits per heavy atom. The van der Waals surface area contributed by atoms with Crippen molar-refractivity contribution in [2.45, 2.75) is 0 Å². The maximum absolute atomic E-state index is 12.3. The van der Waals surface area contributed by atoms with Gasteiger partial charge in [0.15, 0.2) is 0 Å². The van der Waals surface area contributed by atoms with E-state index in [1.165, 1.54) is 0 Å². The van der Waals surface area contributed by atoms with Crippen LogP contribution in [0.4, 0.5) is 0 Å². The molecule has 1 heterocycles. The normalized spacial score (nSPS) is 11.1. The van der Waals surface area contributed by atoms with Crippen LogP contribution in [-0.2, 0) is 0 Å². The quantitative estimate of drug-likeness (QED) is 0.549. The van der Waals surface area contributed by atoms with Crippen LogP contribution in [0.25, 0.3) is 33.1 Å². The Morgan fingerprint density at radius 2 is 1.73 bits per heavy atom. The molecule has 0 aliphatic rings. The summed E-state index contributed by atoms with van der Waals surface area (Å²) in [4.78, 5) is 19.8. The zero-order valence-corrected chi connectivity index (χ0v) is 13.1. The molecule has 0 fully saturated rings. The predicted molar refractivity (Wildman–Crippen MR) is 93.0 cm³/mol. The molecule has 0 spiro atoms. The Hall–Kier alpha value is -2.46. The van der Waals surface area contributed by atoms with E-state index in [-0.39, 0.29) is 5.56 Å². The molecule has 0 amide bonds. The van der Waals surface area contributed by atoms with Crippen LogP contribution in [0.5, 0.6) is 0 Å². The molecule has 0 bridgehead atoms. The van der Waals surface area contributed by atoms with Gasteiger partial charge in [-0.1, -0.05) is 42.5 Å². The first-order valence-corrected chi connectivity index (χ1v) is 7.69. The minimum absolute atomic E-state index is 0.130. The minimum atomic E-state index is -0.130. The molecule has 3 nitrogen and oxygen atoms in total. The van der Waals surface area contributed by atoms with Crippen LogP contribution in [0, 0.1) is 0 Å². The molecule has 0 saturated carbocycles. The fourth-order valence-corrected chi connectivity index (χ4v) is 3.06. The van der Waals surface area contributed by atoms with Crippen LogP contribution in [0.1, 0.15) is 0 Å². The van der Waals surface area contributed by atoms with Crippen LogP contribution < -0.4 is 5.56 Å². The number of hydrogen-bond acceptors (Lipinski definition) is 2. The monoisotopic (exact) mass is 350 g/mol. The SMILES string of the molecule is O=c1[nH]c(-c2ccc3ccccc3c2)nc2c(Br)cccc12. The van der Waals surface area contributed by atoms with Gasteiger partial charge in [-0.3, -0.25) is 4.79 Å². The average Bonchev–Trinajstić information content (AvgIpc) is 2.55. The molecule has 0 saturated heterocycles. The standard InChI is InChI=1S/C18H11BrN2O/c19-15-7-3-6-14-16(15)20-17(21-18(14)22)13-9-8-11-4-1-2-5-12(11)10-13/h1-10H,(H,20,21,22). The molecule has 22 heavy (non-hydrogen) atoms. The number of aromatic amines is 1. The molecule has 106 valence electrons. The molecule has 0 aliphatic heterocycles. The summed E-state index contributed by atoms with van der Waals surface area (Å²) in [5, 5.41) is 2.87. The van der Waals surface area contributed by atoms with Crippen molar-refractivity contribution < 1.29 is 0 Å². The summed E-state index contributed by atoms with van der Waals surface area (Å²) in [5.41, 5.74) is 1.44. The molecule has 4 aromatic rings. The van der Waals surface area contributed by atoms with E-state index in [2.05, 4.69) is 32.0 Å². The molecule has 1 aromatic heterocycles. The van der Waals surface area contributed by atoms with Crippen molar-refractivity contribution in [3.8, 4) is 11.4 Å². The molecular formula is C18H11BrN2O. The zero-order valence-electron chi connectivity index (χ0n) is 11.5. The number of nitrogens with one attached hydrogen (secondary N) is 1. The van der Waals surface area contributed by atoms with E-state index in [1.54, 1.807) is 6.07 Å². The lowest BCUT2D eigenvalue weighted by atomic mass is 10.1. The number of fused-ring (bicyclic) bond motifs is 2. The molecule has 0 unspecified atom stereocenters. The highest BCUT2D eigenvalue weighted by atomic mass is 79.9. The number of aromatic nitrogens is 2. The third-order valence-electron chi connectivity index (χ3n) is 3.71. The van der Waals surface area contributed by atoms with E-state index >= 15 is 0 Å². The first-order chi connectivity index (χ1) is 10.7. The van der Waals surface area contributed by atoms with Crippen LogP contribution >= 0.6 is 15.9 Å². The number of rotatable bonds is 1. The summed E-state index contributed by atoms with van der Waals surface area (Å²) < 4.78 is 0.818. The molecular weight excluding hydrogens is 340 g/mol. The second-order valence-corrected chi connectivity index (χ2v) is 5.97. The van der Waals surface area contributed by atoms with Gasteiger partial charge in [-0.15, -0.1) is 0 Å². The van der Waals surface area contributed by atoms with Gasteiger partial charge < -0.3 is 4.98 Å². The smallest absolute Gasteiger partial charge is 0.259 e. The minimum Gasteiger partial charge on any atom is -0.306 e. The number of nitrogens with zero attached hydrogens (tertiary/aromatic N) is 1. The molecule has 3 aromatic carbocycles. The Kier molecular flexibility index (Phi) is 3.05. The molecule has 1 N–H and O–H groups in total. The maximum atomic E-state index is 12.3. The summed E-state index contributed by atoms with van der Waals surface area (Å²) >= 11 is 3.46. The molecule has 0 radical (unpaired) electrons. The Morgan fingerprint density at radius 1 is 0.909 bits per heavy atom. The Balaban J connectivity index is 1.99. The largest absolute Gasteiger partial charge is 0.306 e. The Labute approximate surface area is 134 Å². The van der Waals surface area contributed by atoms with Crippen LogP contribution in [0.2, 0.25) is 0 Å². The van der Waals surface area contributed by atoms with Gasteiger partial charge in [0.1, 0.15) is 5.82 Å². The van der Waals surface area contributed by atoms with Crippen molar-refractivity contribution in [2.24, 2.45) is 0 Å². The topological polar surface area (TPSA) is 45.8 Å². The van der Waals surface area contributed by atoms with Gasteiger partial charge in [-0.2, -0.15) is 0 Å². The number of para-hydroxylation sites is 1. The van der Waals surface area contributed by atoms with Gasteiger partial charge in [-0.05, 0) is 44.9 Å². The second kappa shape index (κ2) is 5.07. The van der Waals surface area contributed by atoms with Crippen LogP contribution in [0.3, 0.4) is 0 Å². The summed E-state index contributed by atoms with van der Waals surface area (Å²) in [6.07, 6.45) is 0. The van der Waals surface area contributed by atoms with Crippen molar-refractivity contribution in [3.05, 3.63) is 75.5 Å². The van der Waals surface area contributed by atoms with E-state index in [9.17, 15) is 4.79 Å². The maximum Gasteiger partial charge on any atom is 0.259 e. The van der Waals surface area contributed by atoms with E-state index in [0.717, 1.165) is 20.8 Å². The average molecular weight is 351 g/mol. The van der Waals surface area contributed by atoms with Gasteiger partial charge >= 0.3 is 0 Å². The highest BCUT2D eigenvalue weighted by Gasteiger charge is 2.08. The highest BCUT2D eigenvalue weighted by molar-refractivity contribution is 9.10. The number of halogens is 1. The first kappa shape index (κ1) is 13.2. The van der Waals surface area contributed by atoms with E-state index in [1.807, 2.05) is 48.5 Å². The number of benzene rings is 3. The number of hydrogen-bond donors (Lipinski definition) is 1. The van der Waals surface area contributed by atoms with Crippen molar-refractivity contribution >= 4 is 37.6 Å². The van der Waals surface area contributed by atoms with Gasteiger partial charge in [0.05, 0.1) is 10.9 Å². The highest BCUT2D eigenvalue weighted by Crippen LogP contribution is 2.24. The molecule has 4 heteroatoms.